The van der Waals surface area contributed by atoms with Crippen molar-refractivity contribution in [2.75, 3.05) is 0 Å². The molecule has 0 bridgehead atoms. The van der Waals surface area contributed by atoms with Gasteiger partial charge in [0.2, 0.25) is 0 Å². The van der Waals surface area contributed by atoms with E-state index in [2.05, 4.69) is 4.72 Å². The summed E-state index contributed by atoms with van der Waals surface area (Å²) < 4.78 is 28.5. The van der Waals surface area contributed by atoms with Crippen molar-refractivity contribution in [2.45, 2.75) is 44.4 Å². The van der Waals surface area contributed by atoms with Gasteiger partial charge in [-0.1, -0.05) is 12.1 Å². The van der Waals surface area contributed by atoms with E-state index in [-0.39, 0.29) is 16.6 Å². The smallest absolute Gasteiger partial charge is 0.136 e. The predicted molar refractivity (Wildman–Crippen MR) is 68.5 cm³/mol. The first-order valence-electron chi connectivity index (χ1n) is 5.85. The van der Waals surface area contributed by atoms with Crippen LogP contribution in [0.2, 0.25) is 0 Å². The van der Waals surface area contributed by atoms with Gasteiger partial charge in [-0.2, -0.15) is 0 Å². The van der Waals surface area contributed by atoms with Crippen LogP contribution in [-0.2, 0) is 17.8 Å². The fourth-order valence-electron chi connectivity index (χ4n) is 2.06. The second-order valence-corrected chi connectivity index (χ2v) is 7.40. The van der Waals surface area contributed by atoms with Gasteiger partial charge in [0.15, 0.2) is 0 Å². The van der Waals surface area contributed by atoms with Crippen LogP contribution < -0.4 is 4.72 Å². The van der Waals surface area contributed by atoms with Crippen molar-refractivity contribution in [3.63, 3.8) is 0 Å². The molecule has 1 aliphatic carbocycles. The Morgan fingerprint density at radius 1 is 1.41 bits per heavy atom. The van der Waals surface area contributed by atoms with Crippen molar-refractivity contribution >= 4 is 11.4 Å². The van der Waals surface area contributed by atoms with Crippen molar-refractivity contribution in [1.82, 2.24) is 4.72 Å². The summed E-state index contributed by atoms with van der Waals surface area (Å²) in [6.45, 7) is 5.73. The zero-order valence-electron chi connectivity index (χ0n) is 10.4. The van der Waals surface area contributed by atoms with Crippen LogP contribution in [0.25, 0.3) is 0 Å². The van der Waals surface area contributed by atoms with Crippen LogP contribution in [0.15, 0.2) is 18.2 Å². The maximum Gasteiger partial charge on any atom is 0.136 e. The standard InChI is InChI=1S/C13H18FNOS/c1-13(2,3)17(16)15-11-8-7-9-5-4-6-10(14)12(9)11/h4-6,11,15H,7-8H2,1-3H3/t11-,17-/m0/s1. The molecular weight excluding hydrogens is 237 g/mol. The lowest BCUT2D eigenvalue weighted by atomic mass is 10.1. The molecule has 0 radical (unpaired) electrons. The van der Waals surface area contributed by atoms with Gasteiger partial charge in [-0.15, -0.1) is 4.72 Å². The summed E-state index contributed by atoms with van der Waals surface area (Å²) in [5, 5.41) is 0. The second-order valence-electron chi connectivity index (χ2n) is 5.40. The van der Waals surface area contributed by atoms with E-state index in [9.17, 15) is 8.94 Å². The van der Waals surface area contributed by atoms with Gasteiger partial charge in [0.1, 0.15) is 10.6 Å². The van der Waals surface area contributed by atoms with Gasteiger partial charge in [-0.05, 0) is 45.2 Å². The highest BCUT2D eigenvalue weighted by atomic mass is 32.2. The third-order valence-electron chi connectivity index (χ3n) is 3.00. The minimum atomic E-state index is -1.16. The van der Waals surface area contributed by atoms with E-state index in [1.165, 1.54) is 6.07 Å². The predicted octanol–water partition coefficient (Wildman–Crippen LogP) is 2.86. The Bertz CT molecular complexity index is 416. The summed E-state index contributed by atoms with van der Waals surface area (Å²) in [7, 11) is 0. The average molecular weight is 255 g/mol. The molecule has 1 aromatic rings. The molecule has 2 atom stereocenters. The monoisotopic (exact) mass is 255 g/mol. The Balaban J connectivity index is 2.18. The maximum absolute atomic E-state index is 13.7. The lowest BCUT2D eigenvalue weighted by molar-refractivity contribution is 0.513. The van der Waals surface area contributed by atoms with Gasteiger partial charge in [-0.25, -0.2) is 4.39 Å². The van der Waals surface area contributed by atoms with Gasteiger partial charge in [0.05, 0.1) is 6.04 Å². The van der Waals surface area contributed by atoms with E-state index in [0.29, 0.717) is 5.56 Å². The average Bonchev–Trinajstić information content (AvgIpc) is 2.61. The molecular formula is C13H18FNOS. The first-order chi connectivity index (χ1) is 7.89. The molecule has 2 nitrogen and oxygen atoms in total. The van der Waals surface area contributed by atoms with Crippen LogP contribution in [0.1, 0.15) is 44.4 Å². The highest BCUT2D eigenvalue weighted by Gasteiger charge is 2.34. The fourth-order valence-corrected chi connectivity index (χ4v) is 2.91. The minimum absolute atomic E-state index is 0.119. The Hall–Kier alpha value is -0.580. The summed E-state index contributed by atoms with van der Waals surface area (Å²) in [4.78, 5) is 0. The Kier molecular flexibility index (Phi) is 3.48. The Morgan fingerprint density at radius 2 is 2.12 bits per heavy atom. The molecule has 0 saturated carbocycles. The van der Waals surface area contributed by atoms with Crippen molar-refractivity contribution in [3.05, 3.63) is 35.1 Å². The molecule has 0 spiro atoms. The van der Waals surface area contributed by atoms with E-state index in [4.69, 9.17) is 0 Å². The molecule has 0 aromatic heterocycles. The van der Waals surface area contributed by atoms with Gasteiger partial charge >= 0.3 is 0 Å². The highest BCUT2D eigenvalue weighted by Crippen LogP contribution is 2.34. The largest absolute Gasteiger partial charge is 0.598 e. The van der Waals surface area contributed by atoms with Crippen LogP contribution in [0, 0.1) is 5.82 Å². The number of hydrogen-bond acceptors (Lipinski definition) is 2. The number of benzene rings is 1. The minimum Gasteiger partial charge on any atom is -0.598 e. The third kappa shape index (κ3) is 2.64. The van der Waals surface area contributed by atoms with Gasteiger partial charge < -0.3 is 4.55 Å². The summed E-state index contributed by atoms with van der Waals surface area (Å²) in [6, 6.07) is 5.03. The quantitative estimate of drug-likeness (QED) is 0.825. The van der Waals surface area contributed by atoms with E-state index in [1.807, 2.05) is 26.8 Å². The van der Waals surface area contributed by atoms with Crippen molar-refractivity contribution in [3.8, 4) is 0 Å². The van der Waals surface area contributed by atoms with Crippen LogP contribution in [-0.4, -0.2) is 9.30 Å². The molecule has 0 saturated heterocycles. The number of fused-ring (bicyclic) bond motifs is 1. The van der Waals surface area contributed by atoms with E-state index >= 15 is 0 Å². The normalized spacial score (nSPS) is 21.4. The molecule has 0 unspecified atom stereocenters. The third-order valence-corrected chi connectivity index (χ3v) is 4.61. The molecule has 17 heavy (non-hydrogen) atoms. The number of hydrogen-bond donors (Lipinski definition) is 1. The first-order valence-corrected chi connectivity index (χ1v) is 7.00. The summed E-state index contributed by atoms with van der Waals surface area (Å²) in [5.41, 5.74) is 1.73. The SMILES string of the molecule is CC(C)(C)[S@+]([O-])N[C@H]1CCc2cccc(F)c21. The summed E-state index contributed by atoms with van der Waals surface area (Å²) in [6.07, 6.45) is 1.67. The molecule has 0 fully saturated rings. The van der Waals surface area contributed by atoms with Gasteiger partial charge in [0.25, 0.3) is 0 Å². The molecule has 0 heterocycles. The molecule has 1 N–H and O–H groups in total. The lowest BCUT2D eigenvalue weighted by Gasteiger charge is -2.26. The van der Waals surface area contributed by atoms with Crippen LogP contribution in [0.4, 0.5) is 4.39 Å². The van der Waals surface area contributed by atoms with E-state index in [0.717, 1.165) is 18.4 Å². The number of rotatable bonds is 2. The molecule has 1 aromatic carbocycles. The van der Waals surface area contributed by atoms with Gasteiger partial charge in [0, 0.05) is 16.9 Å². The topological polar surface area (TPSA) is 35.1 Å². The zero-order valence-corrected chi connectivity index (χ0v) is 11.2. The van der Waals surface area contributed by atoms with E-state index in [1.54, 1.807) is 6.07 Å². The number of nitrogens with one attached hydrogen (secondary N) is 1. The highest BCUT2D eigenvalue weighted by molar-refractivity contribution is 7.90. The lowest BCUT2D eigenvalue weighted by Crippen LogP contribution is -2.40. The number of aryl methyl sites for hydroxylation is 1. The second kappa shape index (κ2) is 4.59. The van der Waals surface area contributed by atoms with Crippen LogP contribution in [0.3, 0.4) is 0 Å². The van der Waals surface area contributed by atoms with Crippen LogP contribution in [0.5, 0.6) is 0 Å². The molecule has 0 aliphatic heterocycles. The molecule has 2 rings (SSSR count). The summed E-state index contributed by atoms with van der Waals surface area (Å²) in [5.74, 6) is -0.191. The first kappa shape index (κ1) is 12.9. The van der Waals surface area contributed by atoms with Crippen molar-refractivity contribution < 1.29 is 8.94 Å². The molecule has 1 aliphatic rings. The Labute approximate surface area is 105 Å². The number of halogens is 1. The maximum atomic E-state index is 13.7. The van der Waals surface area contributed by atoms with E-state index < -0.39 is 11.4 Å². The zero-order chi connectivity index (χ0) is 12.6. The molecule has 0 amide bonds. The van der Waals surface area contributed by atoms with Crippen molar-refractivity contribution in [1.29, 1.82) is 0 Å². The summed E-state index contributed by atoms with van der Waals surface area (Å²) >= 11 is -1.16. The molecule has 4 heteroatoms. The van der Waals surface area contributed by atoms with Crippen molar-refractivity contribution in [2.24, 2.45) is 0 Å². The van der Waals surface area contributed by atoms with Crippen LogP contribution >= 0.6 is 0 Å². The van der Waals surface area contributed by atoms with Gasteiger partial charge in [-0.3, -0.25) is 0 Å². The molecule has 94 valence electrons. The Morgan fingerprint density at radius 3 is 2.76 bits per heavy atom. The fraction of sp³-hybridized carbons (Fsp3) is 0.538.